The van der Waals surface area contributed by atoms with Crippen LogP contribution >= 0.6 is 15.9 Å². The van der Waals surface area contributed by atoms with E-state index in [4.69, 9.17) is 0 Å². The molecule has 21 heavy (non-hydrogen) atoms. The molecule has 1 aromatic heterocycles. The zero-order chi connectivity index (χ0) is 14.2. The summed E-state index contributed by atoms with van der Waals surface area (Å²) in [6.07, 6.45) is 1.88. The highest BCUT2D eigenvalue weighted by molar-refractivity contribution is 9.10. The molecular weight excluding hydrogens is 324 g/mol. The number of halogens is 1. The van der Waals surface area contributed by atoms with E-state index >= 15 is 0 Å². The van der Waals surface area contributed by atoms with Gasteiger partial charge in [0.05, 0.1) is 11.2 Å². The summed E-state index contributed by atoms with van der Waals surface area (Å²) in [5, 5.41) is 1.19. The molecule has 0 N–H and O–H groups in total. The predicted molar refractivity (Wildman–Crippen MR) is 90.8 cm³/mol. The van der Waals surface area contributed by atoms with E-state index in [2.05, 4.69) is 80.4 Å². The number of pyridine rings is 1. The lowest BCUT2D eigenvalue weighted by molar-refractivity contribution is 0.526. The molecule has 0 amide bonds. The molecule has 1 aliphatic rings. The normalized spacial score (nSPS) is 15.2. The van der Waals surface area contributed by atoms with Crippen LogP contribution in [0, 0.1) is 0 Å². The summed E-state index contributed by atoms with van der Waals surface area (Å²) in [6, 6.07) is 19.3. The van der Waals surface area contributed by atoms with Crippen LogP contribution in [-0.2, 0) is 0 Å². The molecule has 104 valence electrons. The van der Waals surface area contributed by atoms with Crippen LogP contribution in [0.25, 0.3) is 10.9 Å². The summed E-state index contributed by atoms with van der Waals surface area (Å²) in [4.78, 5) is 7.01. The van der Waals surface area contributed by atoms with Gasteiger partial charge in [-0.3, -0.25) is 4.98 Å². The second-order valence-corrected chi connectivity index (χ2v) is 6.43. The van der Waals surface area contributed by atoms with Gasteiger partial charge in [-0.25, -0.2) is 0 Å². The minimum absolute atomic E-state index is 0.636. The molecule has 3 aromatic rings. The molecule has 0 bridgehead atoms. The van der Waals surface area contributed by atoms with Gasteiger partial charge >= 0.3 is 0 Å². The summed E-state index contributed by atoms with van der Waals surface area (Å²) < 4.78 is 1.03. The van der Waals surface area contributed by atoms with Crippen molar-refractivity contribution in [3.8, 4) is 0 Å². The molecule has 0 aliphatic carbocycles. The number of anilines is 1. The predicted octanol–water partition coefficient (Wildman–Crippen LogP) is 4.60. The van der Waals surface area contributed by atoms with Crippen molar-refractivity contribution >= 4 is 32.5 Å². The fraction of sp³-hybridized carbons (Fsp3) is 0.167. The van der Waals surface area contributed by atoms with Crippen molar-refractivity contribution < 1.29 is 0 Å². The second kappa shape index (κ2) is 5.15. The van der Waals surface area contributed by atoms with E-state index in [1.807, 2.05) is 6.20 Å². The van der Waals surface area contributed by atoms with E-state index in [-0.39, 0.29) is 0 Å². The summed E-state index contributed by atoms with van der Waals surface area (Å²) in [5.74, 6) is 0.636. The quantitative estimate of drug-likeness (QED) is 0.678. The number of nitrogens with zero attached hydrogens (tertiary/aromatic N) is 2. The molecule has 0 unspecified atom stereocenters. The zero-order valence-corrected chi connectivity index (χ0v) is 13.1. The van der Waals surface area contributed by atoms with Crippen LogP contribution in [-0.4, -0.2) is 18.1 Å². The van der Waals surface area contributed by atoms with Crippen molar-refractivity contribution in [2.24, 2.45) is 0 Å². The molecular formula is C18H15BrN2. The fourth-order valence-electron chi connectivity index (χ4n) is 2.98. The van der Waals surface area contributed by atoms with Crippen molar-refractivity contribution in [1.29, 1.82) is 0 Å². The molecule has 0 atom stereocenters. The van der Waals surface area contributed by atoms with Gasteiger partial charge in [-0.1, -0.05) is 42.5 Å². The van der Waals surface area contributed by atoms with E-state index in [1.54, 1.807) is 0 Å². The van der Waals surface area contributed by atoms with Gasteiger partial charge in [0.1, 0.15) is 0 Å². The maximum Gasteiger partial charge on any atom is 0.0936 e. The molecule has 4 rings (SSSR count). The topological polar surface area (TPSA) is 16.1 Å². The summed E-state index contributed by atoms with van der Waals surface area (Å²) in [6.45, 7) is 2.14. The number of benzene rings is 2. The number of aromatic nitrogens is 1. The molecule has 2 heterocycles. The Hall–Kier alpha value is -1.87. The van der Waals surface area contributed by atoms with Crippen LogP contribution in [0.5, 0.6) is 0 Å². The lowest BCUT2D eigenvalue weighted by Gasteiger charge is -2.41. The van der Waals surface area contributed by atoms with E-state index in [0.717, 1.165) is 23.1 Å². The first kappa shape index (κ1) is 12.8. The van der Waals surface area contributed by atoms with Crippen molar-refractivity contribution in [3.05, 3.63) is 70.8 Å². The minimum Gasteiger partial charge on any atom is -0.368 e. The second-order valence-electron chi connectivity index (χ2n) is 5.51. The van der Waals surface area contributed by atoms with Crippen LogP contribution in [0.2, 0.25) is 0 Å². The summed E-state index contributed by atoms with van der Waals surface area (Å²) in [7, 11) is 0. The van der Waals surface area contributed by atoms with Gasteiger partial charge < -0.3 is 4.90 Å². The molecule has 0 spiro atoms. The highest BCUT2D eigenvalue weighted by atomic mass is 79.9. The Morgan fingerprint density at radius 3 is 2.62 bits per heavy atom. The number of fused-ring (bicyclic) bond motifs is 1. The van der Waals surface area contributed by atoms with Crippen LogP contribution in [0.3, 0.4) is 0 Å². The Balaban J connectivity index is 1.62. The van der Waals surface area contributed by atoms with E-state index in [1.165, 1.54) is 16.6 Å². The molecule has 0 radical (unpaired) electrons. The number of hydrogen-bond acceptors (Lipinski definition) is 2. The Kier molecular flexibility index (Phi) is 3.15. The standard InChI is InChI=1S/C18H15BrN2/c19-16-9-14-7-4-8-17(18(14)20-10-16)21-11-15(12-21)13-5-2-1-3-6-13/h1-10,15H,11-12H2. The average Bonchev–Trinajstić information content (AvgIpc) is 2.47. The third-order valence-electron chi connectivity index (χ3n) is 4.15. The molecule has 2 aromatic carbocycles. The molecule has 3 heteroatoms. The van der Waals surface area contributed by atoms with Crippen molar-refractivity contribution in [3.63, 3.8) is 0 Å². The fourth-order valence-corrected chi connectivity index (χ4v) is 3.33. The lowest BCUT2D eigenvalue weighted by atomic mass is 9.91. The molecule has 0 saturated carbocycles. The Morgan fingerprint density at radius 1 is 1.00 bits per heavy atom. The van der Waals surface area contributed by atoms with E-state index < -0.39 is 0 Å². The molecule has 1 fully saturated rings. The molecule has 1 aliphatic heterocycles. The Bertz CT molecular complexity index is 780. The van der Waals surface area contributed by atoms with Crippen molar-refractivity contribution in [1.82, 2.24) is 4.98 Å². The zero-order valence-electron chi connectivity index (χ0n) is 11.5. The van der Waals surface area contributed by atoms with Gasteiger partial charge in [0.25, 0.3) is 0 Å². The Morgan fingerprint density at radius 2 is 1.81 bits per heavy atom. The van der Waals surface area contributed by atoms with E-state index in [0.29, 0.717) is 5.92 Å². The smallest absolute Gasteiger partial charge is 0.0936 e. The largest absolute Gasteiger partial charge is 0.368 e. The van der Waals surface area contributed by atoms with Crippen LogP contribution in [0.15, 0.2) is 65.3 Å². The maximum absolute atomic E-state index is 4.59. The van der Waals surface area contributed by atoms with Gasteiger partial charge in [0.2, 0.25) is 0 Å². The van der Waals surface area contributed by atoms with Crippen molar-refractivity contribution in [2.75, 3.05) is 18.0 Å². The first-order valence-corrected chi connectivity index (χ1v) is 7.95. The number of para-hydroxylation sites is 1. The maximum atomic E-state index is 4.59. The summed E-state index contributed by atoms with van der Waals surface area (Å²) in [5.41, 5.74) is 3.77. The number of hydrogen-bond donors (Lipinski definition) is 0. The van der Waals surface area contributed by atoms with Crippen LogP contribution in [0.4, 0.5) is 5.69 Å². The lowest BCUT2D eigenvalue weighted by Crippen LogP contribution is -2.45. The highest BCUT2D eigenvalue weighted by Crippen LogP contribution is 2.35. The van der Waals surface area contributed by atoms with Crippen LogP contribution in [0.1, 0.15) is 11.5 Å². The summed E-state index contributed by atoms with van der Waals surface area (Å²) >= 11 is 3.49. The van der Waals surface area contributed by atoms with Gasteiger partial charge in [0.15, 0.2) is 0 Å². The highest BCUT2D eigenvalue weighted by Gasteiger charge is 2.29. The van der Waals surface area contributed by atoms with Crippen LogP contribution < -0.4 is 4.90 Å². The SMILES string of the molecule is Brc1cnc2c(N3CC(c4ccccc4)C3)cccc2c1. The minimum atomic E-state index is 0.636. The van der Waals surface area contributed by atoms with Gasteiger partial charge in [-0.05, 0) is 33.6 Å². The van der Waals surface area contributed by atoms with Gasteiger partial charge in [-0.2, -0.15) is 0 Å². The third kappa shape index (κ3) is 2.32. The Labute approximate surface area is 132 Å². The van der Waals surface area contributed by atoms with E-state index in [9.17, 15) is 0 Å². The molecule has 1 saturated heterocycles. The third-order valence-corrected chi connectivity index (χ3v) is 4.58. The first-order valence-electron chi connectivity index (χ1n) is 7.15. The molecule has 2 nitrogen and oxygen atoms in total. The van der Waals surface area contributed by atoms with Gasteiger partial charge in [-0.15, -0.1) is 0 Å². The monoisotopic (exact) mass is 338 g/mol. The number of rotatable bonds is 2. The van der Waals surface area contributed by atoms with Gasteiger partial charge in [0, 0.05) is 35.1 Å². The first-order chi connectivity index (χ1) is 10.3. The van der Waals surface area contributed by atoms with Crippen molar-refractivity contribution in [2.45, 2.75) is 5.92 Å². The average molecular weight is 339 g/mol.